The molecular weight excluding hydrogens is 320 g/mol. The Hall–Kier alpha value is -2.31. The van der Waals surface area contributed by atoms with Crippen molar-refractivity contribution < 1.29 is 4.74 Å². The second-order valence-electron chi connectivity index (χ2n) is 5.75. The lowest BCUT2D eigenvalue weighted by Gasteiger charge is -2.29. The van der Waals surface area contributed by atoms with Gasteiger partial charge in [0.05, 0.1) is 18.1 Å². The van der Waals surface area contributed by atoms with Crippen LogP contribution in [0.1, 0.15) is 5.56 Å². The predicted molar refractivity (Wildman–Crippen MR) is 96.3 cm³/mol. The molecule has 4 rings (SSSR count). The number of aryl methyl sites for hydroxylation is 1. The summed E-state index contributed by atoms with van der Waals surface area (Å²) in [6.07, 6.45) is 0. The van der Waals surface area contributed by atoms with Gasteiger partial charge in [0.15, 0.2) is 11.6 Å². The highest BCUT2D eigenvalue weighted by molar-refractivity contribution is 7.13. The molecule has 6 heteroatoms. The molecule has 122 valence electrons. The molecule has 0 bridgehead atoms. The normalized spacial score (nSPS) is 14.8. The zero-order chi connectivity index (χ0) is 16.4. The minimum absolute atomic E-state index is 0.683. The van der Waals surface area contributed by atoms with Gasteiger partial charge in [0.1, 0.15) is 5.69 Å². The second kappa shape index (κ2) is 6.67. The maximum Gasteiger partial charge on any atom is 0.193 e. The maximum absolute atomic E-state index is 5.48. The predicted octanol–water partition coefficient (Wildman–Crippen LogP) is 3.41. The van der Waals surface area contributed by atoms with Crippen molar-refractivity contribution in [2.24, 2.45) is 0 Å². The third kappa shape index (κ3) is 3.02. The standard InChI is InChI=1S/C18H18N4OS/c1-13-4-6-14(7-5-13)16-18(22-8-10-23-11-9-22)19-17(21-20-16)15-3-2-12-24-15/h2-7,12H,8-11H2,1H3. The van der Waals surface area contributed by atoms with E-state index < -0.39 is 0 Å². The molecule has 1 saturated heterocycles. The summed E-state index contributed by atoms with van der Waals surface area (Å²) in [4.78, 5) is 8.12. The molecular formula is C18H18N4OS. The summed E-state index contributed by atoms with van der Waals surface area (Å²) < 4.78 is 5.48. The van der Waals surface area contributed by atoms with E-state index >= 15 is 0 Å². The van der Waals surface area contributed by atoms with Gasteiger partial charge in [-0.1, -0.05) is 35.9 Å². The summed E-state index contributed by atoms with van der Waals surface area (Å²) >= 11 is 1.63. The average Bonchev–Trinajstić information content (AvgIpc) is 3.17. The molecule has 0 spiro atoms. The van der Waals surface area contributed by atoms with Crippen LogP contribution in [0.15, 0.2) is 41.8 Å². The third-order valence-corrected chi connectivity index (χ3v) is 4.91. The van der Waals surface area contributed by atoms with Crippen LogP contribution in [-0.2, 0) is 4.74 Å². The van der Waals surface area contributed by atoms with Crippen LogP contribution < -0.4 is 4.90 Å². The Balaban J connectivity index is 1.81. The molecule has 0 amide bonds. The lowest BCUT2D eigenvalue weighted by molar-refractivity contribution is 0.122. The van der Waals surface area contributed by atoms with E-state index in [1.165, 1.54) is 5.56 Å². The smallest absolute Gasteiger partial charge is 0.193 e. The van der Waals surface area contributed by atoms with Crippen molar-refractivity contribution in [2.45, 2.75) is 6.92 Å². The first-order chi connectivity index (χ1) is 11.8. The number of aromatic nitrogens is 3. The van der Waals surface area contributed by atoms with Gasteiger partial charge >= 0.3 is 0 Å². The summed E-state index contributed by atoms with van der Waals surface area (Å²) in [5.74, 6) is 1.57. The van der Waals surface area contributed by atoms with Gasteiger partial charge in [0.25, 0.3) is 0 Å². The Morgan fingerprint density at radius 1 is 1.04 bits per heavy atom. The molecule has 1 fully saturated rings. The van der Waals surface area contributed by atoms with Gasteiger partial charge < -0.3 is 9.64 Å². The highest BCUT2D eigenvalue weighted by atomic mass is 32.1. The Morgan fingerprint density at radius 2 is 1.83 bits per heavy atom. The van der Waals surface area contributed by atoms with Crippen molar-refractivity contribution in [3.63, 3.8) is 0 Å². The molecule has 0 saturated carbocycles. The van der Waals surface area contributed by atoms with E-state index in [-0.39, 0.29) is 0 Å². The molecule has 0 atom stereocenters. The first kappa shape index (κ1) is 15.2. The number of rotatable bonds is 3. The van der Waals surface area contributed by atoms with E-state index in [9.17, 15) is 0 Å². The van der Waals surface area contributed by atoms with E-state index in [1.807, 2.05) is 17.5 Å². The molecule has 2 aromatic heterocycles. The zero-order valence-corrected chi connectivity index (χ0v) is 14.3. The zero-order valence-electron chi connectivity index (χ0n) is 13.5. The van der Waals surface area contributed by atoms with Crippen LogP contribution in [0.3, 0.4) is 0 Å². The SMILES string of the molecule is Cc1ccc(-c2nnc(-c3cccs3)nc2N2CCOCC2)cc1. The summed E-state index contributed by atoms with van der Waals surface area (Å²) in [5, 5.41) is 10.9. The Bertz CT molecular complexity index is 812. The summed E-state index contributed by atoms with van der Waals surface area (Å²) in [6.45, 7) is 5.15. The number of ether oxygens (including phenoxy) is 1. The summed E-state index contributed by atoms with van der Waals surface area (Å²) in [6, 6.07) is 12.4. The molecule has 3 aromatic rings. The largest absolute Gasteiger partial charge is 0.378 e. The summed E-state index contributed by atoms with van der Waals surface area (Å²) in [5.41, 5.74) is 3.10. The second-order valence-corrected chi connectivity index (χ2v) is 6.70. The number of morpholine rings is 1. The van der Waals surface area contributed by atoms with Crippen LogP contribution in [0.2, 0.25) is 0 Å². The maximum atomic E-state index is 5.48. The van der Waals surface area contributed by atoms with E-state index in [2.05, 4.69) is 46.3 Å². The van der Waals surface area contributed by atoms with Crippen LogP contribution in [0, 0.1) is 6.92 Å². The van der Waals surface area contributed by atoms with Gasteiger partial charge in [-0.25, -0.2) is 4.98 Å². The fourth-order valence-electron chi connectivity index (χ4n) is 2.72. The monoisotopic (exact) mass is 338 g/mol. The quantitative estimate of drug-likeness (QED) is 0.732. The fraction of sp³-hybridized carbons (Fsp3) is 0.278. The van der Waals surface area contributed by atoms with Crippen LogP contribution >= 0.6 is 11.3 Å². The average molecular weight is 338 g/mol. The molecule has 0 unspecified atom stereocenters. The number of hydrogen-bond acceptors (Lipinski definition) is 6. The van der Waals surface area contributed by atoms with Gasteiger partial charge in [0, 0.05) is 18.7 Å². The lowest BCUT2D eigenvalue weighted by atomic mass is 10.1. The molecule has 1 aliphatic heterocycles. The number of thiophene rings is 1. The van der Waals surface area contributed by atoms with Crippen molar-refractivity contribution >= 4 is 17.2 Å². The number of nitrogens with zero attached hydrogens (tertiary/aromatic N) is 4. The topological polar surface area (TPSA) is 51.1 Å². The molecule has 24 heavy (non-hydrogen) atoms. The Kier molecular flexibility index (Phi) is 4.23. The molecule has 3 heterocycles. The van der Waals surface area contributed by atoms with Crippen molar-refractivity contribution in [3.05, 3.63) is 47.3 Å². The lowest BCUT2D eigenvalue weighted by Crippen LogP contribution is -2.37. The van der Waals surface area contributed by atoms with Gasteiger partial charge in [0.2, 0.25) is 0 Å². The van der Waals surface area contributed by atoms with Crippen LogP contribution in [-0.4, -0.2) is 41.5 Å². The molecule has 5 nitrogen and oxygen atoms in total. The number of hydrogen-bond donors (Lipinski definition) is 0. The van der Waals surface area contributed by atoms with Crippen molar-refractivity contribution in [1.82, 2.24) is 15.2 Å². The molecule has 0 aliphatic carbocycles. The van der Waals surface area contributed by atoms with Crippen LogP contribution in [0.4, 0.5) is 5.82 Å². The highest BCUT2D eigenvalue weighted by Crippen LogP contribution is 2.30. The van der Waals surface area contributed by atoms with Gasteiger partial charge in [-0.3, -0.25) is 0 Å². The molecule has 0 radical (unpaired) electrons. The minimum atomic E-state index is 0.683. The van der Waals surface area contributed by atoms with E-state index in [0.717, 1.165) is 35.0 Å². The van der Waals surface area contributed by atoms with E-state index in [0.29, 0.717) is 19.0 Å². The first-order valence-electron chi connectivity index (χ1n) is 7.99. The Labute approximate surface area is 145 Å². The van der Waals surface area contributed by atoms with Crippen molar-refractivity contribution in [3.8, 4) is 22.0 Å². The molecule has 0 N–H and O–H groups in total. The van der Waals surface area contributed by atoms with Gasteiger partial charge in [-0.15, -0.1) is 21.5 Å². The van der Waals surface area contributed by atoms with Crippen molar-refractivity contribution in [1.29, 1.82) is 0 Å². The van der Waals surface area contributed by atoms with E-state index in [1.54, 1.807) is 11.3 Å². The van der Waals surface area contributed by atoms with E-state index in [4.69, 9.17) is 9.72 Å². The van der Waals surface area contributed by atoms with Crippen LogP contribution in [0.5, 0.6) is 0 Å². The molecule has 1 aromatic carbocycles. The molecule has 1 aliphatic rings. The minimum Gasteiger partial charge on any atom is -0.378 e. The van der Waals surface area contributed by atoms with Gasteiger partial charge in [-0.2, -0.15) is 0 Å². The first-order valence-corrected chi connectivity index (χ1v) is 8.87. The summed E-state index contributed by atoms with van der Waals surface area (Å²) in [7, 11) is 0. The number of benzene rings is 1. The number of anilines is 1. The highest BCUT2D eigenvalue weighted by Gasteiger charge is 2.20. The van der Waals surface area contributed by atoms with Crippen LogP contribution in [0.25, 0.3) is 22.0 Å². The van der Waals surface area contributed by atoms with Crippen molar-refractivity contribution in [2.75, 3.05) is 31.2 Å². The van der Waals surface area contributed by atoms with Gasteiger partial charge in [-0.05, 0) is 18.4 Å². The third-order valence-electron chi connectivity index (χ3n) is 4.05. The fourth-order valence-corrected chi connectivity index (χ4v) is 3.37. The Morgan fingerprint density at radius 3 is 2.54 bits per heavy atom.